The van der Waals surface area contributed by atoms with Gasteiger partial charge < -0.3 is 9.32 Å². The van der Waals surface area contributed by atoms with E-state index < -0.39 is 0 Å². The second-order valence-electron chi connectivity index (χ2n) is 6.93. The van der Waals surface area contributed by atoms with E-state index in [0.29, 0.717) is 42.3 Å². The number of rotatable bonds is 4. The van der Waals surface area contributed by atoms with Gasteiger partial charge in [-0.05, 0) is 24.5 Å². The van der Waals surface area contributed by atoms with Crippen LogP contribution in [0.4, 0.5) is 4.39 Å². The molecular weight excluding hydrogens is 347 g/mol. The second-order valence-corrected chi connectivity index (χ2v) is 6.93. The van der Waals surface area contributed by atoms with Gasteiger partial charge in [-0.1, -0.05) is 18.2 Å². The third-order valence-electron chi connectivity index (χ3n) is 4.90. The van der Waals surface area contributed by atoms with Crippen molar-refractivity contribution < 1.29 is 13.6 Å². The monoisotopic (exact) mass is 368 g/mol. The van der Waals surface area contributed by atoms with E-state index >= 15 is 0 Å². The minimum absolute atomic E-state index is 0.0223. The van der Waals surface area contributed by atoms with Crippen LogP contribution in [0, 0.1) is 5.82 Å². The van der Waals surface area contributed by atoms with Gasteiger partial charge in [-0.25, -0.2) is 9.37 Å². The van der Waals surface area contributed by atoms with Crippen LogP contribution in [0.5, 0.6) is 0 Å². The summed E-state index contributed by atoms with van der Waals surface area (Å²) in [7, 11) is 1.79. The third kappa shape index (κ3) is 3.77. The lowest BCUT2D eigenvalue weighted by atomic mass is 9.97. The molecule has 1 atom stereocenters. The van der Waals surface area contributed by atoms with Crippen LogP contribution in [0.25, 0.3) is 0 Å². The number of likely N-dealkylation sites (tertiary alicyclic amines) is 1. The predicted molar refractivity (Wildman–Crippen MR) is 96.8 cm³/mol. The molecule has 0 N–H and O–H groups in total. The average Bonchev–Trinajstić information content (AvgIpc) is 3.32. The van der Waals surface area contributed by atoms with E-state index in [-0.39, 0.29) is 17.6 Å². The number of benzene rings is 1. The third-order valence-corrected chi connectivity index (χ3v) is 4.90. The number of piperidine rings is 1. The van der Waals surface area contributed by atoms with Gasteiger partial charge in [0.1, 0.15) is 11.6 Å². The molecule has 27 heavy (non-hydrogen) atoms. The lowest BCUT2D eigenvalue weighted by Crippen LogP contribution is -2.39. The topological polar surface area (TPSA) is 64.2 Å². The Kier molecular flexibility index (Phi) is 4.75. The number of oxazole rings is 1. The van der Waals surface area contributed by atoms with Crippen molar-refractivity contribution in [2.75, 3.05) is 13.1 Å². The van der Waals surface area contributed by atoms with Crippen LogP contribution in [-0.2, 0) is 13.5 Å². The Balaban J connectivity index is 1.45. The maximum atomic E-state index is 13.8. The summed E-state index contributed by atoms with van der Waals surface area (Å²) in [5.41, 5.74) is 1.17. The Labute approximate surface area is 156 Å². The number of halogens is 1. The summed E-state index contributed by atoms with van der Waals surface area (Å²) in [4.78, 5) is 18.9. The van der Waals surface area contributed by atoms with E-state index in [1.54, 1.807) is 48.5 Å². The SMILES string of the molecule is Cn1cc(C(=O)N2CCC[C@H](c3ncc(Cc4ccccc4F)o3)C2)cn1. The summed E-state index contributed by atoms with van der Waals surface area (Å²) >= 11 is 0. The van der Waals surface area contributed by atoms with Gasteiger partial charge in [0, 0.05) is 32.8 Å². The van der Waals surface area contributed by atoms with Crippen molar-refractivity contribution in [3.8, 4) is 0 Å². The van der Waals surface area contributed by atoms with Gasteiger partial charge in [-0.3, -0.25) is 9.48 Å². The van der Waals surface area contributed by atoms with Crippen molar-refractivity contribution in [2.45, 2.75) is 25.2 Å². The fraction of sp³-hybridized carbons (Fsp3) is 0.350. The quantitative estimate of drug-likeness (QED) is 0.710. The zero-order valence-electron chi connectivity index (χ0n) is 15.1. The van der Waals surface area contributed by atoms with Crippen LogP contribution in [0.1, 0.15) is 46.3 Å². The Bertz CT molecular complexity index is 949. The number of aryl methyl sites for hydroxylation is 1. The second kappa shape index (κ2) is 7.34. The Morgan fingerprint density at radius 2 is 2.19 bits per heavy atom. The average molecular weight is 368 g/mol. The number of nitrogens with zero attached hydrogens (tertiary/aromatic N) is 4. The maximum Gasteiger partial charge on any atom is 0.257 e. The number of hydrogen-bond donors (Lipinski definition) is 0. The minimum Gasteiger partial charge on any atom is -0.445 e. The lowest BCUT2D eigenvalue weighted by Gasteiger charge is -2.31. The molecular formula is C20H21FN4O2. The van der Waals surface area contributed by atoms with Gasteiger partial charge in [0.15, 0.2) is 5.89 Å². The fourth-order valence-electron chi connectivity index (χ4n) is 3.50. The molecule has 0 radical (unpaired) electrons. The molecule has 0 unspecified atom stereocenters. The van der Waals surface area contributed by atoms with Gasteiger partial charge in [0.25, 0.3) is 5.91 Å². The largest absolute Gasteiger partial charge is 0.445 e. The standard InChI is InChI=1S/C20H21FN4O2/c1-24-12-16(10-23-24)20(26)25-8-4-6-15(13-25)19-22-11-17(27-19)9-14-5-2-3-7-18(14)21/h2-3,5,7,10-12,15H,4,6,8-9,13H2,1H3/t15-/m0/s1. The van der Waals surface area contributed by atoms with Crippen LogP contribution >= 0.6 is 0 Å². The Hall–Kier alpha value is -2.96. The molecule has 1 aliphatic rings. The highest BCUT2D eigenvalue weighted by molar-refractivity contribution is 5.93. The summed E-state index contributed by atoms with van der Waals surface area (Å²) in [5, 5.41) is 4.07. The van der Waals surface area contributed by atoms with Gasteiger partial charge in [0.2, 0.25) is 0 Å². The zero-order valence-corrected chi connectivity index (χ0v) is 15.1. The van der Waals surface area contributed by atoms with E-state index in [1.807, 2.05) is 4.90 Å². The molecule has 3 heterocycles. The highest BCUT2D eigenvalue weighted by Gasteiger charge is 2.29. The Morgan fingerprint density at radius 1 is 1.33 bits per heavy atom. The first-order valence-corrected chi connectivity index (χ1v) is 9.06. The van der Waals surface area contributed by atoms with E-state index in [9.17, 15) is 9.18 Å². The first kappa shape index (κ1) is 17.5. The smallest absolute Gasteiger partial charge is 0.257 e. The molecule has 0 bridgehead atoms. The molecule has 0 aliphatic carbocycles. The fourth-order valence-corrected chi connectivity index (χ4v) is 3.50. The number of carbonyl (C=O) groups excluding carboxylic acids is 1. The summed E-state index contributed by atoms with van der Waals surface area (Å²) in [6.07, 6.45) is 7.14. The summed E-state index contributed by atoms with van der Waals surface area (Å²) < 4.78 is 21.3. The number of hydrogen-bond acceptors (Lipinski definition) is 4. The molecule has 1 aromatic carbocycles. The molecule has 2 aromatic heterocycles. The zero-order chi connectivity index (χ0) is 18.8. The molecule has 0 saturated carbocycles. The minimum atomic E-state index is -0.249. The first-order valence-electron chi connectivity index (χ1n) is 9.06. The van der Waals surface area contributed by atoms with Gasteiger partial charge in [0.05, 0.1) is 23.9 Å². The molecule has 7 heteroatoms. The highest BCUT2D eigenvalue weighted by Crippen LogP contribution is 2.28. The summed E-state index contributed by atoms with van der Waals surface area (Å²) in [6.45, 7) is 1.28. The highest BCUT2D eigenvalue weighted by atomic mass is 19.1. The maximum absolute atomic E-state index is 13.8. The molecule has 1 amide bonds. The molecule has 4 rings (SSSR count). The van der Waals surface area contributed by atoms with Crippen LogP contribution in [0.15, 0.2) is 47.3 Å². The first-order chi connectivity index (χ1) is 13.1. The van der Waals surface area contributed by atoms with Gasteiger partial charge >= 0.3 is 0 Å². The lowest BCUT2D eigenvalue weighted by molar-refractivity contribution is 0.0698. The van der Waals surface area contributed by atoms with E-state index in [4.69, 9.17) is 4.42 Å². The van der Waals surface area contributed by atoms with Crippen LogP contribution < -0.4 is 0 Å². The van der Waals surface area contributed by atoms with Crippen LogP contribution in [0.2, 0.25) is 0 Å². The summed E-state index contributed by atoms with van der Waals surface area (Å²) in [6, 6.07) is 6.65. The van der Waals surface area contributed by atoms with Crippen molar-refractivity contribution in [1.82, 2.24) is 19.7 Å². The van der Waals surface area contributed by atoms with Crippen LogP contribution in [0.3, 0.4) is 0 Å². The number of carbonyl (C=O) groups is 1. The molecule has 1 fully saturated rings. The molecule has 1 saturated heterocycles. The van der Waals surface area contributed by atoms with E-state index in [2.05, 4.69) is 10.1 Å². The van der Waals surface area contributed by atoms with Crippen molar-refractivity contribution in [3.63, 3.8) is 0 Å². The molecule has 6 nitrogen and oxygen atoms in total. The van der Waals surface area contributed by atoms with Crippen molar-refractivity contribution >= 4 is 5.91 Å². The molecule has 1 aliphatic heterocycles. The summed E-state index contributed by atoms with van der Waals surface area (Å²) in [5.74, 6) is 1.02. The number of aromatic nitrogens is 3. The molecule has 3 aromatic rings. The van der Waals surface area contributed by atoms with Crippen molar-refractivity contribution in [2.24, 2.45) is 7.05 Å². The van der Waals surface area contributed by atoms with E-state index in [0.717, 1.165) is 12.8 Å². The predicted octanol–water partition coefficient (Wildman–Crippen LogP) is 3.16. The van der Waals surface area contributed by atoms with E-state index in [1.165, 1.54) is 6.07 Å². The van der Waals surface area contributed by atoms with Gasteiger partial charge in [-0.15, -0.1) is 0 Å². The van der Waals surface area contributed by atoms with Crippen molar-refractivity contribution in [1.29, 1.82) is 0 Å². The molecule has 0 spiro atoms. The van der Waals surface area contributed by atoms with Crippen molar-refractivity contribution in [3.05, 3.63) is 71.5 Å². The number of amides is 1. The normalized spacial score (nSPS) is 17.3. The van der Waals surface area contributed by atoms with Gasteiger partial charge in [-0.2, -0.15) is 5.10 Å². The van der Waals surface area contributed by atoms with Crippen LogP contribution in [-0.4, -0.2) is 38.7 Å². The molecule has 140 valence electrons. The Morgan fingerprint density at radius 3 is 2.96 bits per heavy atom.